The van der Waals surface area contributed by atoms with E-state index < -0.39 is 4.92 Å². The molecule has 1 aliphatic heterocycles. The van der Waals surface area contributed by atoms with Crippen LogP contribution in [0.2, 0.25) is 10.2 Å². The lowest BCUT2D eigenvalue weighted by Gasteiger charge is -2.26. The number of nitrogens with zero attached hydrogens (tertiary/aromatic N) is 5. The Labute approximate surface area is 157 Å². The van der Waals surface area contributed by atoms with Gasteiger partial charge in [-0.05, 0) is 30.7 Å². The van der Waals surface area contributed by atoms with Crippen LogP contribution in [0.5, 0.6) is 0 Å². The number of aromatic nitrogens is 3. The average molecular weight is 392 g/mol. The highest BCUT2D eigenvalue weighted by atomic mass is 35.5. The molecule has 2 aromatic heterocycles. The second kappa shape index (κ2) is 6.54. The Bertz CT molecular complexity index is 990. The van der Waals surface area contributed by atoms with Crippen molar-refractivity contribution >= 4 is 34.7 Å². The third-order valence-corrected chi connectivity index (χ3v) is 4.72. The molecule has 0 atom stereocenters. The first-order valence-corrected chi connectivity index (χ1v) is 8.43. The van der Waals surface area contributed by atoms with E-state index in [1.807, 2.05) is 12.1 Å². The van der Waals surface area contributed by atoms with Crippen LogP contribution in [0, 0.1) is 10.1 Å². The molecule has 0 aliphatic carbocycles. The molecule has 0 spiro atoms. The van der Waals surface area contributed by atoms with Gasteiger partial charge >= 0.3 is 5.69 Å². The fourth-order valence-corrected chi connectivity index (χ4v) is 3.30. The number of fused-ring (bicyclic) bond motifs is 1. The van der Waals surface area contributed by atoms with E-state index in [1.54, 1.807) is 17.0 Å². The smallest absolute Gasteiger partial charge is 0.348 e. The lowest BCUT2D eigenvalue weighted by atomic mass is 10.0. The van der Waals surface area contributed by atoms with Crippen molar-refractivity contribution in [2.45, 2.75) is 13.0 Å². The van der Waals surface area contributed by atoms with E-state index in [-0.39, 0.29) is 16.7 Å². The number of hydrogen-bond donors (Lipinski definition) is 0. The van der Waals surface area contributed by atoms with Gasteiger partial charge in [0.1, 0.15) is 12.0 Å². The highest BCUT2D eigenvalue weighted by Crippen LogP contribution is 2.36. The summed E-state index contributed by atoms with van der Waals surface area (Å²) < 4.78 is 5.52. The predicted octanol–water partition coefficient (Wildman–Crippen LogP) is 3.91. The van der Waals surface area contributed by atoms with Crippen LogP contribution in [0.4, 0.5) is 11.5 Å². The van der Waals surface area contributed by atoms with Gasteiger partial charge in [0.25, 0.3) is 0 Å². The molecule has 0 amide bonds. The Hall–Kier alpha value is -2.71. The summed E-state index contributed by atoms with van der Waals surface area (Å²) in [4.78, 5) is 20.2. The van der Waals surface area contributed by atoms with E-state index in [9.17, 15) is 10.1 Å². The molecule has 26 heavy (non-hydrogen) atoms. The lowest BCUT2D eigenvalue weighted by molar-refractivity contribution is -0.384. The number of halogens is 2. The normalized spacial score (nSPS) is 13.5. The van der Waals surface area contributed by atoms with Crippen LogP contribution < -0.4 is 4.90 Å². The van der Waals surface area contributed by atoms with E-state index in [4.69, 9.17) is 27.7 Å². The maximum atomic E-state index is 11.3. The number of rotatable bonds is 3. The van der Waals surface area contributed by atoms with Gasteiger partial charge in [-0.25, -0.2) is 9.97 Å². The van der Waals surface area contributed by atoms with Gasteiger partial charge in [0, 0.05) is 22.7 Å². The second-order valence-corrected chi connectivity index (χ2v) is 6.50. The Balaban J connectivity index is 1.67. The molecule has 0 fully saturated rings. The molecule has 3 heterocycles. The zero-order valence-electron chi connectivity index (χ0n) is 13.2. The second-order valence-electron chi connectivity index (χ2n) is 5.71. The fraction of sp³-hybridized carbons (Fsp3) is 0.188. The largest absolute Gasteiger partial charge is 0.356 e. The van der Waals surface area contributed by atoms with Crippen LogP contribution in [0.15, 0.2) is 35.1 Å². The highest BCUT2D eigenvalue weighted by molar-refractivity contribution is 6.32. The van der Waals surface area contributed by atoms with Crippen molar-refractivity contribution in [1.82, 2.24) is 15.1 Å². The minimum absolute atomic E-state index is 0.177. The first kappa shape index (κ1) is 16.7. The van der Waals surface area contributed by atoms with Crippen molar-refractivity contribution < 1.29 is 9.45 Å². The Morgan fingerprint density at radius 2 is 1.96 bits per heavy atom. The van der Waals surface area contributed by atoms with E-state index in [2.05, 4.69) is 15.1 Å². The molecule has 10 heteroatoms. The van der Waals surface area contributed by atoms with Crippen molar-refractivity contribution in [1.29, 1.82) is 0 Å². The van der Waals surface area contributed by atoms with Crippen molar-refractivity contribution in [2.24, 2.45) is 0 Å². The van der Waals surface area contributed by atoms with Crippen LogP contribution in [-0.2, 0) is 13.0 Å². The summed E-state index contributed by atoms with van der Waals surface area (Å²) in [6.07, 6.45) is 1.82. The van der Waals surface area contributed by atoms with Crippen molar-refractivity contribution in [3.05, 3.63) is 62.1 Å². The minimum atomic E-state index is -0.574. The molecule has 4 rings (SSSR count). The maximum absolute atomic E-state index is 11.3. The van der Waals surface area contributed by atoms with Gasteiger partial charge in [-0.15, -0.1) is 0 Å². The summed E-state index contributed by atoms with van der Waals surface area (Å²) in [7, 11) is 0. The Kier molecular flexibility index (Phi) is 4.21. The SMILES string of the molecule is O=[N+]([O-])c1c(Cl)ncnc1N1CCc2c(noc2-c2ccc(Cl)cc2)C1. The summed E-state index contributed by atoms with van der Waals surface area (Å²) in [5.74, 6) is 0.864. The van der Waals surface area contributed by atoms with Crippen molar-refractivity contribution in [3.63, 3.8) is 0 Å². The molecule has 0 bridgehead atoms. The highest BCUT2D eigenvalue weighted by Gasteiger charge is 2.31. The molecule has 1 aromatic carbocycles. The molecule has 3 aromatic rings. The molecule has 1 aliphatic rings. The summed E-state index contributed by atoms with van der Waals surface area (Å²) >= 11 is 11.8. The van der Waals surface area contributed by atoms with E-state index in [1.165, 1.54) is 6.33 Å². The number of benzene rings is 1. The van der Waals surface area contributed by atoms with Crippen LogP contribution in [0.3, 0.4) is 0 Å². The van der Waals surface area contributed by atoms with Gasteiger partial charge in [0.15, 0.2) is 5.76 Å². The standard InChI is InChI=1S/C16H11Cl2N5O3/c17-10-3-1-9(2-4-10)14-11-5-6-22(7-12(11)21-26-14)16-13(23(24)25)15(18)19-8-20-16/h1-4,8H,5-7H2. The Morgan fingerprint density at radius 3 is 2.69 bits per heavy atom. The van der Waals surface area contributed by atoms with E-state index in [0.29, 0.717) is 36.0 Å². The van der Waals surface area contributed by atoms with Gasteiger partial charge in [0.05, 0.1) is 11.5 Å². The third kappa shape index (κ3) is 2.87. The van der Waals surface area contributed by atoms with Gasteiger partial charge in [-0.1, -0.05) is 28.4 Å². The average Bonchev–Trinajstić information content (AvgIpc) is 3.05. The molecular formula is C16H11Cl2N5O3. The first-order chi connectivity index (χ1) is 12.5. The molecule has 132 valence electrons. The number of nitro groups is 1. The van der Waals surface area contributed by atoms with Crippen molar-refractivity contribution in [2.75, 3.05) is 11.4 Å². The van der Waals surface area contributed by atoms with Gasteiger partial charge < -0.3 is 9.42 Å². The number of hydrogen-bond acceptors (Lipinski definition) is 7. The maximum Gasteiger partial charge on any atom is 0.348 e. The van der Waals surface area contributed by atoms with E-state index >= 15 is 0 Å². The van der Waals surface area contributed by atoms with Crippen LogP contribution >= 0.6 is 23.2 Å². The molecule has 0 saturated carbocycles. The predicted molar refractivity (Wildman–Crippen MR) is 95.4 cm³/mol. The Morgan fingerprint density at radius 1 is 1.19 bits per heavy atom. The molecule has 0 saturated heterocycles. The zero-order valence-corrected chi connectivity index (χ0v) is 14.7. The van der Waals surface area contributed by atoms with Gasteiger partial charge in [-0.2, -0.15) is 0 Å². The van der Waals surface area contributed by atoms with Crippen LogP contribution in [0.1, 0.15) is 11.3 Å². The summed E-state index contributed by atoms with van der Waals surface area (Å²) in [6.45, 7) is 0.851. The van der Waals surface area contributed by atoms with Crippen LogP contribution in [0.25, 0.3) is 11.3 Å². The van der Waals surface area contributed by atoms with Gasteiger partial charge in [0.2, 0.25) is 11.0 Å². The minimum Gasteiger partial charge on any atom is -0.356 e. The molecule has 8 nitrogen and oxygen atoms in total. The topological polar surface area (TPSA) is 98.2 Å². The van der Waals surface area contributed by atoms with E-state index in [0.717, 1.165) is 11.1 Å². The quantitative estimate of drug-likeness (QED) is 0.379. The van der Waals surface area contributed by atoms with Gasteiger partial charge in [-0.3, -0.25) is 10.1 Å². The lowest BCUT2D eigenvalue weighted by Crippen LogP contribution is -2.31. The fourth-order valence-electron chi connectivity index (χ4n) is 2.98. The first-order valence-electron chi connectivity index (χ1n) is 7.68. The van der Waals surface area contributed by atoms with Crippen LogP contribution in [-0.4, -0.2) is 26.6 Å². The molecule has 0 N–H and O–H groups in total. The zero-order chi connectivity index (χ0) is 18.3. The summed E-state index contributed by atoms with van der Waals surface area (Å²) in [5.41, 5.74) is 2.27. The van der Waals surface area contributed by atoms with Crippen molar-refractivity contribution in [3.8, 4) is 11.3 Å². The molecular weight excluding hydrogens is 381 g/mol. The number of anilines is 1. The molecule has 0 unspecified atom stereocenters. The summed E-state index contributed by atoms with van der Waals surface area (Å²) in [6, 6.07) is 7.30. The third-order valence-electron chi connectivity index (χ3n) is 4.19. The summed E-state index contributed by atoms with van der Waals surface area (Å²) in [5, 5.41) is 15.9. The molecule has 0 radical (unpaired) electrons. The monoisotopic (exact) mass is 391 g/mol.